The summed E-state index contributed by atoms with van der Waals surface area (Å²) in [6.07, 6.45) is 3.75. The number of aliphatic hydroxyl groups is 1. The second-order valence-corrected chi connectivity index (χ2v) is 10.5. The number of anilines is 1. The zero-order valence-corrected chi connectivity index (χ0v) is 22.9. The zero-order chi connectivity index (χ0) is 27.8. The molecule has 8 heteroatoms. The molecular weight excluding hydrogens is 492 g/mol. The number of amides is 2. The number of carbonyl (C=O) groups is 2. The normalized spacial score (nSPS) is 18.4. The summed E-state index contributed by atoms with van der Waals surface area (Å²) >= 11 is 0. The van der Waals surface area contributed by atoms with E-state index in [-0.39, 0.29) is 49.3 Å². The Morgan fingerprint density at radius 1 is 1.15 bits per heavy atom. The molecular formula is C31H38N4O4. The fourth-order valence-corrected chi connectivity index (χ4v) is 4.88. The number of hydrogen-bond donors (Lipinski definition) is 2. The number of nitrogens with zero attached hydrogens (tertiary/aromatic N) is 3. The van der Waals surface area contributed by atoms with Crippen LogP contribution in [0.25, 0.3) is 0 Å². The van der Waals surface area contributed by atoms with Gasteiger partial charge in [0.05, 0.1) is 25.5 Å². The van der Waals surface area contributed by atoms with Crippen LogP contribution in [0.4, 0.5) is 5.69 Å². The van der Waals surface area contributed by atoms with Crippen LogP contribution < -0.4 is 10.1 Å². The van der Waals surface area contributed by atoms with E-state index in [1.807, 2.05) is 67.6 Å². The summed E-state index contributed by atoms with van der Waals surface area (Å²) < 4.78 is 6.60. The molecule has 0 unspecified atom stereocenters. The smallest absolute Gasteiger partial charge is 0.228 e. The van der Waals surface area contributed by atoms with Gasteiger partial charge in [-0.25, -0.2) is 0 Å². The highest BCUT2D eigenvalue weighted by molar-refractivity contribution is 5.92. The van der Waals surface area contributed by atoms with Crippen LogP contribution in [0, 0.1) is 5.92 Å². The number of rotatable bonds is 9. The molecule has 0 saturated heterocycles. The van der Waals surface area contributed by atoms with Crippen LogP contribution in [0.15, 0.2) is 73.1 Å². The lowest BCUT2D eigenvalue weighted by molar-refractivity contribution is -0.134. The second-order valence-electron chi connectivity index (χ2n) is 10.5. The van der Waals surface area contributed by atoms with Crippen molar-refractivity contribution in [1.82, 2.24) is 14.8 Å². The Kier molecular flexibility index (Phi) is 9.68. The highest BCUT2D eigenvalue weighted by Crippen LogP contribution is 2.29. The molecule has 0 aliphatic carbocycles. The molecule has 3 aromatic rings. The van der Waals surface area contributed by atoms with Crippen molar-refractivity contribution in [2.45, 2.75) is 45.4 Å². The molecule has 2 heterocycles. The number of benzene rings is 2. The van der Waals surface area contributed by atoms with Gasteiger partial charge in [0.1, 0.15) is 11.9 Å². The Labute approximate surface area is 230 Å². The first-order valence-corrected chi connectivity index (χ1v) is 13.4. The maximum absolute atomic E-state index is 13.4. The first-order valence-electron chi connectivity index (χ1n) is 13.4. The molecule has 0 fully saturated rings. The van der Waals surface area contributed by atoms with Gasteiger partial charge in [-0.05, 0) is 55.4 Å². The van der Waals surface area contributed by atoms with Gasteiger partial charge < -0.3 is 20.1 Å². The fourth-order valence-electron chi connectivity index (χ4n) is 4.88. The van der Waals surface area contributed by atoms with Gasteiger partial charge in [0, 0.05) is 49.2 Å². The fraction of sp³-hybridized carbons (Fsp3) is 0.387. The van der Waals surface area contributed by atoms with Crippen molar-refractivity contribution in [1.29, 1.82) is 0 Å². The standard InChI is InChI=1S/C31H38N4O4/c1-22-18-35(23(2)21-36)31(38)17-26-16-27(33-30(37)15-24-7-5-4-6-8-24)9-10-28(26)39-29(22)20-34(3)19-25-11-13-32-14-12-25/h4-14,16,22-23,29,36H,15,17-21H2,1-3H3,(H,33,37)/t22-,23-,29-/m1/s1. The number of pyridine rings is 1. The Morgan fingerprint density at radius 3 is 2.62 bits per heavy atom. The molecule has 4 rings (SSSR count). The van der Waals surface area contributed by atoms with E-state index in [9.17, 15) is 14.7 Å². The van der Waals surface area contributed by atoms with E-state index in [1.54, 1.807) is 17.3 Å². The van der Waals surface area contributed by atoms with Crippen LogP contribution in [0.5, 0.6) is 5.75 Å². The third-order valence-electron chi connectivity index (χ3n) is 7.10. The van der Waals surface area contributed by atoms with Crippen LogP contribution in [-0.2, 0) is 29.0 Å². The maximum atomic E-state index is 13.4. The summed E-state index contributed by atoms with van der Waals surface area (Å²) in [5.74, 6) is 0.444. The Hall–Kier alpha value is -3.75. The molecule has 206 valence electrons. The Balaban J connectivity index is 1.56. The summed E-state index contributed by atoms with van der Waals surface area (Å²) in [4.78, 5) is 34.2. The van der Waals surface area contributed by atoms with Crippen molar-refractivity contribution in [3.05, 3.63) is 89.7 Å². The highest BCUT2D eigenvalue weighted by Gasteiger charge is 2.31. The number of aliphatic hydroxyl groups excluding tert-OH is 1. The van der Waals surface area contributed by atoms with E-state index in [0.717, 1.165) is 17.7 Å². The molecule has 0 saturated carbocycles. The number of ether oxygens (including phenoxy) is 1. The van der Waals surface area contributed by atoms with Crippen LogP contribution in [0.2, 0.25) is 0 Å². The number of hydrogen-bond acceptors (Lipinski definition) is 6. The van der Waals surface area contributed by atoms with Gasteiger partial charge in [-0.3, -0.25) is 19.5 Å². The van der Waals surface area contributed by atoms with Crippen LogP contribution in [0.3, 0.4) is 0 Å². The monoisotopic (exact) mass is 530 g/mol. The lowest BCUT2D eigenvalue weighted by Crippen LogP contribution is -2.47. The minimum Gasteiger partial charge on any atom is -0.488 e. The molecule has 1 aliphatic rings. The second kappa shape index (κ2) is 13.4. The van der Waals surface area contributed by atoms with Gasteiger partial charge in [-0.1, -0.05) is 37.3 Å². The largest absolute Gasteiger partial charge is 0.488 e. The summed E-state index contributed by atoms with van der Waals surface area (Å²) in [7, 11) is 2.05. The van der Waals surface area contributed by atoms with Crippen molar-refractivity contribution in [3.63, 3.8) is 0 Å². The number of nitrogens with one attached hydrogen (secondary N) is 1. The molecule has 8 nitrogen and oxygen atoms in total. The molecule has 2 amide bonds. The number of carbonyl (C=O) groups excluding carboxylic acids is 2. The molecule has 39 heavy (non-hydrogen) atoms. The van der Waals surface area contributed by atoms with Crippen molar-refractivity contribution in [2.24, 2.45) is 5.92 Å². The van der Waals surface area contributed by atoms with Gasteiger partial charge in [-0.2, -0.15) is 0 Å². The number of likely N-dealkylation sites (N-methyl/N-ethyl adjacent to an activating group) is 1. The predicted molar refractivity (Wildman–Crippen MR) is 151 cm³/mol. The summed E-state index contributed by atoms with van der Waals surface area (Å²) in [5, 5.41) is 12.8. The van der Waals surface area contributed by atoms with Gasteiger partial charge >= 0.3 is 0 Å². The molecule has 0 bridgehead atoms. The molecule has 2 aromatic carbocycles. The van der Waals surface area contributed by atoms with E-state index in [4.69, 9.17) is 4.74 Å². The molecule has 3 atom stereocenters. The van der Waals surface area contributed by atoms with E-state index in [1.165, 1.54) is 0 Å². The summed E-state index contributed by atoms with van der Waals surface area (Å²) in [6.45, 7) is 5.68. The lowest BCUT2D eigenvalue weighted by atomic mass is 10.0. The predicted octanol–water partition coefficient (Wildman–Crippen LogP) is 3.54. The van der Waals surface area contributed by atoms with E-state index < -0.39 is 0 Å². The maximum Gasteiger partial charge on any atom is 0.228 e. The summed E-state index contributed by atoms with van der Waals surface area (Å²) in [6, 6.07) is 18.7. The first-order chi connectivity index (χ1) is 18.8. The minimum atomic E-state index is -0.314. The van der Waals surface area contributed by atoms with Gasteiger partial charge in [0.15, 0.2) is 0 Å². The topological polar surface area (TPSA) is 95.0 Å². The SMILES string of the molecule is C[C@@H]1CN([C@H](C)CO)C(=O)Cc2cc(NC(=O)Cc3ccccc3)ccc2O[C@@H]1CN(C)Cc1ccncc1. The van der Waals surface area contributed by atoms with E-state index >= 15 is 0 Å². The lowest BCUT2D eigenvalue weighted by Gasteiger charge is -2.34. The molecule has 2 N–H and O–H groups in total. The van der Waals surface area contributed by atoms with E-state index in [0.29, 0.717) is 30.1 Å². The van der Waals surface area contributed by atoms with E-state index in [2.05, 4.69) is 29.2 Å². The quantitative estimate of drug-likeness (QED) is 0.440. The molecule has 1 aromatic heterocycles. The number of fused-ring (bicyclic) bond motifs is 1. The Bertz CT molecular complexity index is 1240. The van der Waals surface area contributed by atoms with Gasteiger partial charge in [0.2, 0.25) is 11.8 Å². The van der Waals surface area contributed by atoms with Crippen LogP contribution in [-0.4, -0.2) is 70.6 Å². The Morgan fingerprint density at radius 2 is 1.90 bits per heavy atom. The number of aromatic nitrogens is 1. The first kappa shape index (κ1) is 28.3. The van der Waals surface area contributed by atoms with Gasteiger partial charge in [0.25, 0.3) is 0 Å². The molecule has 0 radical (unpaired) electrons. The summed E-state index contributed by atoms with van der Waals surface area (Å²) in [5.41, 5.74) is 3.41. The van der Waals surface area contributed by atoms with Crippen LogP contribution in [0.1, 0.15) is 30.5 Å². The van der Waals surface area contributed by atoms with Crippen molar-refractivity contribution in [3.8, 4) is 5.75 Å². The van der Waals surface area contributed by atoms with Crippen molar-refractivity contribution >= 4 is 17.5 Å². The third-order valence-corrected chi connectivity index (χ3v) is 7.10. The minimum absolute atomic E-state index is 0.0130. The average molecular weight is 531 g/mol. The van der Waals surface area contributed by atoms with Gasteiger partial charge in [-0.15, -0.1) is 0 Å². The third kappa shape index (κ3) is 7.88. The van der Waals surface area contributed by atoms with Crippen molar-refractivity contribution in [2.75, 3.05) is 32.1 Å². The van der Waals surface area contributed by atoms with Crippen LogP contribution >= 0.6 is 0 Å². The molecule has 1 aliphatic heterocycles. The average Bonchev–Trinajstić information content (AvgIpc) is 2.97. The van der Waals surface area contributed by atoms with Crippen molar-refractivity contribution < 1.29 is 19.4 Å². The molecule has 0 spiro atoms. The zero-order valence-electron chi connectivity index (χ0n) is 22.9. The highest BCUT2D eigenvalue weighted by atomic mass is 16.5.